The minimum atomic E-state index is -0.480. The van der Waals surface area contributed by atoms with Crippen LogP contribution in [0, 0.1) is 12.7 Å². The van der Waals surface area contributed by atoms with Crippen LogP contribution in [0.15, 0.2) is 36.4 Å². The lowest BCUT2D eigenvalue weighted by atomic mass is 10.1. The monoisotopic (exact) mass is 307 g/mol. The third kappa shape index (κ3) is 4.45. The number of hydrogen-bond acceptors (Lipinski definition) is 2. The van der Waals surface area contributed by atoms with Crippen molar-refractivity contribution in [2.45, 2.75) is 26.8 Å². The van der Waals surface area contributed by atoms with E-state index in [-0.39, 0.29) is 5.02 Å². The Labute approximate surface area is 129 Å². The summed E-state index contributed by atoms with van der Waals surface area (Å²) in [6.45, 7) is 6.03. The van der Waals surface area contributed by atoms with Gasteiger partial charge in [-0.05, 0) is 55.3 Å². The van der Waals surface area contributed by atoms with Gasteiger partial charge in [0.15, 0.2) is 0 Å². The van der Waals surface area contributed by atoms with Crippen LogP contribution in [0.4, 0.5) is 4.39 Å². The molecule has 4 heteroatoms. The van der Waals surface area contributed by atoms with Gasteiger partial charge in [-0.2, -0.15) is 0 Å². The highest BCUT2D eigenvalue weighted by Crippen LogP contribution is 2.26. The molecule has 21 heavy (non-hydrogen) atoms. The topological polar surface area (TPSA) is 21.3 Å². The maximum Gasteiger partial charge on any atom is 0.145 e. The molecule has 2 aromatic carbocycles. The Morgan fingerprint density at radius 3 is 2.52 bits per heavy atom. The lowest BCUT2D eigenvalue weighted by molar-refractivity contribution is 0.476. The second-order valence-electron chi connectivity index (χ2n) is 4.94. The molecule has 0 radical (unpaired) electrons. The molecule has 112 valence electrons. The summed E-state index contributed by atoms with van der Waals surface area (Å²) < 4.78 is 19.0. The molecule has 1 N–H and O–H groups in total. The van der Waals surface area contributed by atoms with Gasteiger partial charge in [-0.3, -0.25) is 0 Å². The van der Waals surface area contributed by atoms with Gasteiger partial charge in [-0.1, -0.05) is 24.6 Å². The molecule has 0 aromatic heterocycles. The normalized spacial score (nSPS) is 10.7. The maximum absolute atomic E-state index is 13.4. The highest BCUT2D eigenvalue weighted by Gasteiger charge is 2.05. The molecule has 0 heterocycles. The van der Waals surface area contributed by atoms with Gasteiger partial charge in [0.2, 0.25) is 0 Å². The summed E-state index contributed by atoms with van der Waals surface area (Å²) in [5.41, 5.74) is 2.38. The molecule has 0 aliphatic rings. The van der Waals surface area contributed by atoms with Crippen molar-refractivity contribution < 1.29 is 9.13 Å². The van der Waals surface area contributed by atoms with Crippen molar-refractivity contribution in [1.82, 2.24) is 5.32 Å². The average Bonchev–Trinajstić information content (AvgIpc) is 2.45. The van der Waals surface area contributed by atoms with E-state index in [2.05, 4.69) is 12.2 Å². The summed E-state index contributed by atoms with van der Waals surface area (Å²) in [5.74, 6) is 0.646. The highest BCUT2D eigenvalue weighted by molar-refractivity contribution is 6.30. The fraction of sp³-hybridized carbons (Fsp3) is 0.294. The average molecular weight is 308 g/mol. The number of benzene rings is 2. The molecule has 2 rings (SSSR count). The molecule has 0 bridgehead atoms. The zero-order valence-corrected chi connectivity index (χ0v) is 13.0. The van der Waals surface area contributed by atoms with Gasteiger partial charge >= 0.3 is 0 Å². The molecule has 0 atom stereocenters. The molecule has 0 spiro atoms. The van der Waals surface area contributed by atoms with Crippen LogP contribution >= 0.6 is 11.6 Å². The Morgan fingerprint density at radius 1 is 1.14 bits per heavy atom. The third-order valence-electron chi connectivity index (χ3n) is 3.18. The van der Waals surface area contributed by atoms with Crippen molar-refractivity contribution in [3.8, 4) is 11.5 Å². The van der Waals surface area contributed by atoms with Gasteiger partial charge in [0.25, 0.3) is 0 Å². The van der Waals surface area contributed by atoms with E-state index in [0.29, 0.717) is 11.5 Å². The molecule has 2 nitrogen and oxygen atoms in total. The highest BCUT2D eigenvalue weighted by atomic mass is 35.5. The van der Waals surface area contributed by atoms with Crippen molar-refractivity contribution in [2.24, 2.45) is 0 Å². The summed E-state index contributed by atoms with van der Waals surface area (Å²) >= 11 is 5.65. The molecule has 0 fully saturated rings. The lowest BCUT2D eigenvalue weighted by Gasteiger charge is -2.11. The number of ether oxygens (including phenoxy) is 1. The lowest BCUT2D eigenvalue weighted by Crippen LogP contribution is -2.14. The van der Waals surface area contributed by atoms with Crippen LogP contribution in [0.3, 0.4) is 0 Å². The van der Waals surface area contributed by atoms with Crippen molar-refractivity contribution in [3.05, 3.63) is 58.4 Å². The second-order valence-corrected chi connectivity index (χ2v) is 5.35. The first kappa shape index (κ1) is 15.8. The van der Waals surface area contributed by atoms with E-state index in [1.807, 2.05) is 25.1 Å². The minimum Gasteiger partial charge on any atom is -0.457 e. The molecule has 0 saturated heterocycles. The fourth-order valence-electron chi connectivity index (χ4n) is 2.01. The van der Waals surface area contributed by atoms with Gasteiger partial charge in [0.1, 0.15) is 17.3 Å². The molecule has 0 unspecified atom stereocenters. The van der Waals surface area contributed by atoms with Crippen molar-refractivity contribution in [3.63, 3.8) is 0 Å². The summed E-state index contributed by atoms with van der Waals surface area (Å²) in [6.07, 6.45) is 1.11. The van der Waals surface area contributed by atoms with Gasteiger partial charge in [0.05, 0.1) is 5.02 Å². The molecule has 0 saturated carbocycles. The van der Waals surface area contributed by atoms with Crippen molar-refractivity contribution in [1.29, 1.82) is 0 Å². The Bertz CT molecular complexity index is 616. The first-order valence-electron chi connectivity index (χ1n) is 7.03. The largest absolute Gasteiger partial charge is 0.457 e. The quantitative estimate of drug-likeness (QED) is 0.751. The van der Waals surface area contributed by atoms with E-state index in [9.17, 15) is 4.39 Å². The zero-order chi connectivity index (χ0) is 15.2. The van der Waals surface area contributed by atoms with Crippen LogP contribution in [-0.4, -0.2) is 6.54 Å². The van der Waals surface area contributed by atoms with Crippen LogP contribution in [0.2, 0.25) is 5.02 Å². The number of nitrogens with one attached hydrogen (secondary N) is 1. The van der Waals surface area contributed by atoms with Crippen LogP contribution in [0.1, 0.15) is 24.5 Å². The van der Waals surface area contributed by atoms with Crippen molar-refractivity contribution >= 4 is 11.6 Å². The molecule has 0 amide bonds. The first-order chi connectivity index (χ1) is 10.1. The predicted octanol–water partition coefficient (Wildman–Crippen LogP) is 5.08. The van der Waals surface area contributed by atoms with Gasteiger partial charge in [-0.25, -0.2) is 4.39 Å². The predicted molar refractivity (Wildman–Crippen MR) is 84.7 cm³/mol. The van der Waals surface area contributed by atoms with Gasteiger partial charge in [0, 0.05) is 12.6 Å². The number of aryl methyl sites for hydroxylation is 1. The first-order valence-corrected chi connectivity index (χ1v) is 7.41. The molecule has 0 aliphatic heterocycles. The van der Waals surface area contributed by atoms with Crippen LogP contribution in [-0.2, 0) is 6.54 Å². The van der Waals surface area contributed by atoms with E-state index in [4.69, 9.17) is 16.3 Å². The number of rotatable bonds is 6. The van der Waals surface area contributed by atoms with Gasteiger partial charge < -0.3 is 10.1 Å². The van der Waals surface area contributed by atoms with Crippen molar-refractivity contribution in [2.75, 3.05) is 6.54 Å². The Kier molecular flexibility index (Phi) is 5.59. The Hall–Kier alpha value is -1.58. The van der Waals surface area contributed by atoms with E-state index in [1.54, 1.807) is 6.07 Å². The zero-order valence-electron chi connectivity index (χ0n) is 12.2. The SMILES string of the molecule is CCCNCc1ccc(Oc2ccc(Cl)c(F)c2)cc1C. The molecular weight excluding hydrogens is 289 g/mol. The summed E-state index contributed by atoms with van der Waals surface area (Å²) in [5, 5.41) is 3.46. The van der Waals surface area contributed by atoms with Gasteiger partial charge in [-0.15, -0.1) is 0 Å². The minimum absolute atomic E-state index is 0.0934. The van der Waals surface area contributed by atoms with E-state index < -0.39 is 5.82 Å². The standard InChI is InChI=1S/C17H19ClFNO/c1-3-8-20-11-13-4-5-14(9-12(13)2)21-15-6-7-16(18)17(19)10-15/h4-7,9-10,20H,3,8,11H2,1-2H3. The summed E-state index contributed by atoms with van der Waals surface area (Å²) in [7, 11) is 0. The molecule has 0 aliphatic carbocycles. The molecular formula is C17H19ClFNO. The fourth-order valence-corrected chi connectivity index (χ4v) is 2.12. The number of hydrogen-bond donors (Lipinski definition) is 1. The number of halogens is 2. The smallest absolute Gasteiger partial charge is 0.145 e. The summed E-state index contributed by atoms with van der Waals surface area (Å²) in [6, 6.07) is 10.3. The van der Waals surface area contributed by atoms with E-state index in [1.165, 1.54) is 17.7 Å². The van der Waals surface area contributed by atoms with Crippen LogP contribution in [0.25, 0.3) is 0 Å². The van der Waals surface area contributed by atoms with E-state index >= 15 is 0 Å². The maximum atomic E-state index is 13.4. The van der Waals surface area contributed by atoms with E-state index in [0.717, 1.165) is 25.1 Å². The van der Waals surface area contributed by atoms with Crippen LogP contribution in [0.5, 0.6) is 11.5 Å². The second kappa shape index (κ2) is 7.43. The molecule has 2 aromatic rings. The Balaban J connectivity index is 2.07. The third-order valence-corrected chi connectivity index (χ3v) is 3.49. The van der Waals surface area contributed by atoms with Crippen LogP contribution < -0.4 is 10.1 Å². The Morgan fingerprint density at radius 2 is 1.86 bits per heavy atom. The summed E-state index contributed by atoms with van der Waals surface area (Å²) in [4.78, 5) is 0.